The van der Waals surface area contributed by atoms with Crippen LogP contribution in [0.1, 0.15) is 27.7 Å². The lowest BCUT2D eigenvalue weighted by Gasteiger charge is -2.23. The summed E-state index contributed by atoms with van der Waals surface area (Å²) < 4.78 is 10.2. The quantitative estimate of drug-likeness (QED) is 0.629. The number of ether oxygens (including phenoxy) is 2. The third-order valence-electron chi connectivity index (χ3n) is 1.97. The number of hydrogen-bond donors (Lipinski definition) is 0. The van der Waals surface area contributed by atoms with Crippen molar-refractivity contribution in [1.29, 1.82) is 0 Å². The molecule has 0 bridgehead atoms. The standard InChI is InChI=1S/C11H23NO3/c1-6-12(9-10(13)14-5)7-8-15-11(2,3)4/h6-9H2,1-5H3. The van der Waals surface area contributed by atoms with Gasteiger partial charge in [0.05, 0.1) is 25.9 Å². The van der Waals surface area contributed by atoms with Gasteiger partial charge in [-0.1, -0.05) is 6.92 Å². The number of carbonyl (C=O) groups is 1. The van der Waals surface area contributed by atoms with E-state index in [0.29, 0.717) is 13.2 Å². The van der Waals surface area contributed by atoms with Crippen molar-refractivity contribution >= 4 is 5.97 Å². The summed E-state index contributed by atoms with van der Waals surface area (Å²) in [4.78, 5) is 13.0. The van der Waals surface area contributed by atoms with Gasteiger partial charge >= 0.3 is 5.97 Å². The Labute approximate surface area is 92.5 Å². The fraction of sp³-hybridized carbons (Fsp3) is 0.909. The second-order valence-electron chi connectivity index (χ2n) is 4.41. The molecule has 4 nitrogen and oxygen atoms in total. The van der Waals surface area contributed by atoms with Crippen LogP contribution in [-0.4, -0.2) is 49.8 Å². The van der Waals surface area contributed by atoms with Crippen molar-refractivity contribution in [3.05, 3.63) is 0 Å². The lowest BCUT2D eigenvalue weighted by molar-refractivity contribution is -0.142. The SMILES string of the molecule is CCN(CCOC(C)(C)C)CC(=O)OC. The van der Waals surface area contributed by atoms with E-state index in [-0.39, 0.29) is 11.6 Å². The minimum atomic E-state index is -0.201. The molecule has 0 aromatic rings. The van der Waals surface area contributed by atoms with Crippen molar-refractivity contribution in [2.75, 3.05) is 33.4 Å². The normalized spacial score (nSPS) is 11.9. The summed E-state index contributed by atoms with van der Waals surface area (Å²) in [6, 6.07) is 0. The molecule has 15 heavy (non-hydrogen) atoms. The summed E-state index contributed by atoms with van der Waals surface area (Å²) in [5.74, 6) is -0.201. The second-order valence-corrected chi connectivity index (χ2v) is 4.41. The molecule has 0 unspecified atom stereocenters. The van der Waals surface area contributed by atoms with Gasteiger partial charge in [0.15, 0.2) is 0 Å². The van der Waals surface area contributed by atoms with Crippen molar-refractivity contribution in [3.8, 4) is 0 Å². The molecule has 0 atom stereocenters. The molecule has 0 saturated heterocycles. The molecule has 0 aliphatic heterocycles. The Kier molecular flexibility index (Phi) is 6.52. The zero-order valence-corrected chi connectivity index (χ0v) is 10.5. The zero-order chi connectivity index (χ0) is 11.9. The van der Waals surface area contributed by atoms with E-state index in [0.717, 1.165) is 13.1 Å². The maximum Gasteiger partial charge on any atom is 0.319 e. The van der Waals surface area contributed by atoms with Gasteiger partial charge in [0.25, 0.3) is 0 Å². The van der Waals surface area contributed by atoms with Crippen LogP contribution in [-0.2, 0) is 14.3 Å². The molecule has 0 rings (SSSR count). The first-order valence-corrected chi connectivity index (χ1v) is 5.32. The van der Waals surface area contributed by atoms with Crippen LogP contribution < -0.4 is 0 Å². The number of esters is 1. The van der Waals surface area contributed by atoms with Crippen molar-refractivity contribution in [1.82, 2.24) is 4.90 Å². The zero-order valence-electron chi connectivity index (χ0n) is 10.5. The van der Waals surface area contributed by atoms with Crippen molar-refractivity contribution in [3.63, 3.8) is 0 Å². The van der Waals surface area contributed by atoms with Crippen molar-refractivity contribution < 1.29 is 14.3 Å². The van der Waals surface area contributed by atoms with Crippen molar-refractivity contribution in [2.24, 2.45) is 0 Å². The van der Waals surface area contributed by atoms with Crippen LogP contribution in [0.15, 0.2) is 0 Å². The van der Waals surface area contributed by atoms with Crippen LogP contribution in [0.3, 0.4) is 0 Å². The summed E-state index contributed by atoms with van der Waals surface area (Å²) in [6.07, 6.45) is 0. The molecule has 90 valence electrons. The molecular weight excluding hydrogens is 194 g/mol. The van der Waals surface area contributed by atoms with E-state index in [4.69, 9.17) is 4.74 Å². The van der Waals surface area contributed by atoms with Gasteiger partial charge in [-0.25, -0.2) is 0 Å². The monoisotopic (exact) mass is 217 g/mol. The first-order chi connectivity index (χ1) is 6.89. The van der Waals surface area contributed by atoms with E-state index in [2.05, 4.69) is 4.74 Å². The number of rotatable bonds is 6. The molecule has 0 aliphatic rings. The fourth-order valence-electron chi connectivity index (χ4n) is 1.08. The highest BCUT2D eigenvalue weighted by Gasteiger charge is 2.12. The van der Waals surface area contributed by atoms with Crippen LogP contribution in [0.25, 0.3) is 0 Å². The van der Waals surface area contributed by atoms with Gasteiger partial charge in [-0.05, 0) is 27.3 Å². The van der Waals surface area contributed by atoms with Gasteiger partial charge in [-0.3, -0.25) is 9.69 Å². The Morgan fingerprint density at radius 1 is 1.33 bits per heavy atom. The van der Waals surface area contributed by atoms with Gasteiger partial charge < -0.3 is 9.47 Å². The molecule has 0 spiro atoms. The molecule has 0 saturated carbocycles. The van der Waals surface area contributed by atoms with Crippen LogP contribution in [0.2, 0.25) is 0 Å². The molecule has 0 heterocycles. The van der Waals surface area contributed by atoms with E-state index in [1.165, 1.54) is 7.11 Å². The lowest BCUT2D eigenvalue weighted by atomic mass is 10.2. The predicted octanol–water partition coefficient (Wildman–Crippen LogP) is 1.30. The highest BCUT2D eigenvalue weighted by atomic mass is 16.5. The van der Waals surface area contributed by atoms with E-state index in [1.807, 2.05) is 32.6 Å². The van der Waals surface area contributed by atoms with E-state index >= 15 is 0 Å². The molecule has 0 radical (unpaired) electrons. The summed E-state index contributed by atoms with van der Waals surface area (Å²) in [5, 5.41) is 0. The van der Waals surface area contributed by atoms with Gasteiger partial charge in [-0.2, -0.15) is 0 Å². The Morgan fingerprint density at radius 2 is 1.93 bits per heavy atom. The van der Waals surface area contributed by atoms with Crippen molar-refractivity contribution in [2.45, 2.75) is 33.3 Å². The average Bonchev–Trinajstić information content (AvgIpc) is 2.14. The van der Waals surface area contributed by atoms with Crippen LogP contribution in [0.5, 0.6) is 0 Å². The third kappa shape index (κ3) is 8.39. The molecule has 0 amide bonds. The Morgan fingerprint density at radius 3 is 2.33 bits per heavy atom. The van der Waals surface area contributed by atoms with Gasteiger partial charge in [-0.15, -0.1) is 0 Å². The maximum atomic E-state index is 11.0. The molecule has 0 N–H and O–H groups in total. The lowest BCUT2D eigenvalue weighted by Crippen LogP contribution is -2.35. The van der Waals surface area contributed by atoms with Crippen LogP contribution in [0, 0.1) is 0 Å². The average molecular weight is 217 g/mol. The van der Waals surface area contributed by atoms with Gasteiger partial charge in [0.1, 0.15) is 0 Å². The Hall–Kier alpha value is -0.610. The predicted molar refractivity (Wildman–Crippen MR) is 59.8 cm³/mol. The number of nitrogens with zero attached hydrogens (tertiary/aromatic N) is 1. The molecule has 0 fully saturated rings. The summed E-state index contributed by atoms with van der Waals surface area (Å²) in [6.45, 7) is 10.6. The Balaban J connectivity index is 3.76. The summed E-state index contributed by atoms with van der Waals surface area (Å²) in [7, 11) is 1.40. The van der Waals surface area contributed by atoms with E-state index in [1.54, 1.807) is 0 Å². The minimum Gasteiger partial charge on any atom is -0.468 e. The minimum absolute atomic E-state index is 0.120. The first kappa shape index (κ1) is 14.4. The Bertz CT molecular complexity index is 187. The van der Waals surface area contributed by atoms with Gasteiger partial charge in [0.2, 0.25) is 0 Å². The molecular formula is C11H23NO3. The molecule has 0 aliphatic carbocycles. The molecule has 0 aromatic carbocycles. The highest BCUT2D eigenvalue weighted by molar-refractivity contribution is 5.71. The largest absolute Gasteiger partial charge is 0.468 e. The van der Waals surface area contributed by atoms with E-state index < -0.39 is 0 Å². The van der Waals surface area contributed by atoms with Crippen LogP contribution >= 0.6 is 0 Å². The molecule has 0 aromatic heterocycles. The topological polar surface area (TPSA) is 38.8 Å². The summed E-state index contributed by atoms with van der Waals surface area (Å²) >= 11 is 0. The first-order valence-electron chi connectivity index (χ1n) is 5.32. The maximum absolute atomic E-state index is 11.0. The smallest absolute Gasteiger partial charge is 0.319 e. The number of likely N-dealkylation sites (N-methyl/N-ethyl adjacent to an activating group) is 1. The van der Waals surface area contributed by atoms with Crippen LogP contribution in [0.4, 0.5) is 0 Å². The highest BCUT2D eigenvalue weighted by Crippen LogP contribution is 2.06. The van der Waals surface area contributed by atoms with Gasteiger partial charge in [0, 0.05) is 6.54 Å². The third-order valence-corrected chi connectivity index (χ3v) is 1.97. The summed E-state index contributed by atoms with van der Waals surface area (Å²) in [5.41, 5.74) is -0.120. The fourth-order valence-corrected chi connectivity index (χ4v) is 1.08. The molecule has 4 heteroatoms. The van der Waals surface area contributed by atoms with E-state index in [9.17, 15) is 4.79 Å². The second kappa shape index (κ2) is 6.80. The number of carbonyl (C=O) groups excluding carboxylic acids is 1. The number of hydrogen-bond acceptors (Lipinski definition) is 4. The number of methoxy groups -OCH3 is 1.